The van der Waals surface area contributed by atoms with Gasteiger partial charge < -0.3 is 4.52 Å². The lowest BCUT2D eigenvalue weighted by Crippen LogP contribution is -2.04. The van der Waals surface area contributed by atoms with Crippen LogP contribution in [-0.2, 0) is 7.05 Å². The fourth-order valence-electron chi connectivity index (χ4n) is 1.23. The molecule has 0 unspecified atom stereocenters. The first-order chi connectivity index (χ1) is 5.79. The molecule has 0 N–H and O–H groups in total. The van der Waals surface area contributed by atoms with Gasteiger partial charge in [-0.3, -0.25) is 0 Å². The normalized spacial score (nSPS) is 10.5. The molecule has 2 heteroatoms. The molecule has 2 aromatic rings. The first-order valence-corrected chi connectivity index (χ1v) is 3.97. The monoisotopic (exact) mass is 161 g/mol. The third-order valence-corrected chi connectivity index (χ3v) is 2.07. The maximum atomic E-state index is 5.35. The SMILES string of the molecule is Cc1c(-c2ccccc2)on1C. The Hall–Kier alpha value is -1.44. The highest BCUT2D eigenvalue weighted by Crippen LogP contribution is 2.25. The van der Waals surface area contributed by atoms with Gasteiger partial charge in [0.05, 0.1) is 5.69 Å². The predicted octanol–water partition coefficient (Wildman–Crippen LogP) is 2.59. The third kappa shape index (κ3) is 0.961. The van der Waals surface area contributed by atoms with Crippen molar-refractivity contribution in [3.63, 3.8) is 0 Å². The van der Waals surface area contributed by atoms with Crippen LogP contribution in [0.2, 0.25) is 0 Å². The molecule has 1 heterocycles. The molecule has 0 atom stereocenters. The number of aryl methyl sites for hydroxylation is 1. The fourth-order valence-corrected chi connectivity index (χ4v) is 1.23. The zero-order chi connectivity index (χ0) is 8.55. The van der Waals surface area contributed by atoms with Crippen molar-refractivity contribution in [3.8, 4) is 11.3 Å². The van der Waals surface area contributed by atoms with E-state index in [2.05, 4.69) is 0 Å². The standard InChI is InChI=1S/C10H11NO/c1-8-10(12-11(8)2)9-6-4-3-5-7-9/h3-7H,1-2H3. The van der Waals surface area contributed by atoms with Gasteiger partial charge in [0.1, 0.15) is 0 Å². The van der Waals surface area contributed by atoms with Crippen molar-refractivity contribution in [1.29, 1.82) is 0 Å². The second kappa shape index (κ2) is 2.55. The van der Waals surface area contributed by atoms with Crippen molar-refractivity contribution in [3.05, 3.63) is 36.0 Å². The van der Waals surface area contributed by atoms with Crippen LogP contribution in [0.4, 0.5) is 0 Å². The molecule has 0 fully saturated rings. The highest BCUT2D eigenvalue weighted by Gasteiger charge is 2.10. The molecule has 0 aliphatic rings. The summed E-state index contributed by atoms with van der Waals surface area (Å²) in [6, 6.07) is 10.1. The topological polar surface area (TPSA) is 18.1 Å². The van der Waals surface area contributed by atoms with E-state index in [4.69, 9.17) is 4.52 Å². The van der Waals surface area contributed by atoms with Crippen molar-refractivity contribution in [1.82, 2.24) is 4.74 Å². The molecule has 1 aromatic heterocycles. The largest absolute Gasteiger partial charge is 0.377 e. The lowest BCUT2D eigenvalue weighted by atomic mass is 10.1. The summed E-state index contributed by atoms with van der Waals surface area (Å²) >= 11 is 0. The summed E-state index contributed by atoms with van der Waals surface area (Å²) in [4.78, 5) is 0. The van der Waals surface area contributed by atoms with E-state index in [-0.39, 0.29) is 0 Å². The van der Waals surface area contributed by atoms with Crippen LogP contribution in [0.5, 0.6) is 0 Å². The van der Waals surface area contributed by atoms with Crippen LogP contribution < -0.4 is 0 Å². The highest BCUT2D eigenvalue weighted by atomic mass is 16.5. The predicted molar refractivity (Wildman–Crippen MR) is 47.9 cm³/mol. The second-order valence-corrected chi connectivity index (χ2v) is 2.87. The summed E-state index contributed by atoms with van der Waals surface area (Å²) in [6.45, 7) is 2.05. The van der Waals surface area contributed by atoms with Crippen molar-refractivity contribution in [2.75, 3.05) is 0 Å². The minimum absolute atomic E-state index is 0.984. The van der Waals surface area contributed by atoms with Gasteiger partial charge in [-0.05, 0) is 6.92 Å². The molecule has 0 saturated heterocycles. The van der Waals surface area contributed by atoms with Crippen LogP contribution in [-0.4, -0.2) is 4.74 Å². The Kier molecular flexibility index (Phi) is 1.54. The number of rotatable bonds is 1. The molecule has 0 aliphatic carbocycles. The van der Waals surface area contributed by atoms with Crippen LogP contribution in [0.1, 0.15) is 5.69 Å². The number of aromatic nitrogens is 1. The molecule has 0 spiro atoms. The Morgan fingerprint density at radius 2 is 1.83 bits per heavy atom. The summed E-state index contributed by atoms with van der Waals surface area (Å²) in [7, 11) is 1.90. The summed E-state index contributed by atoms with van der Waals surface area (Å²) in [5.74, 6) is 0.984. The molecule has 0 bridgehead atoms. The van der Waals surface area contributed by atoms with Crippen LogP contribution in [0, 0.1) is 6.92 Å². The van der Waals surface area contributed by atoms with E-state index in [0.717, 1.165) is 11.3 Å². The van der Waals surface area contributed by atoms with Crippen molar-refractivity contribution < 1.29 is 4.52 Å². The molecule has 0 aliphatic heterocycles. The van der Waals surface area contributed by atoms with Gasteiger partial charge in [-0.25, -0.2) is 4.74 Å². The second-order valence-electron chi connectivity index (χ2n) is 2.87. The van der Waals surface area contributed by atoms with Gasteiger partial charge in [-0.2, -0.15) is 0 Å². The Morgan fingerprint density at radius 3 is 2.33 bits per heavy atom. The number of benzene rings is 1. The molecule has 0 amide bonds. The minimum Gasteiger partial charge on any atom is -0.377 e. The molecule has 2 rings (SSSR count). The lowest BCUT2D eigenvalue weighted by molar-refractivity contribution is 0.245. The molecular weight excluding hydrogens is 150 g/mol. The molecule has 62 valence electrons. The van der Waals surface area contributed by atoms with E-state index in [0.29, 0.717) is 0 Å². The lowest BCUT2D eigenvalue weighted by Gasteiger charge is -2.13. The van der Waals surface area contributed by atoms with Crippen LogP contribution in [0.3, 0.4) is 0 Å². The van der Waals surface area contributed by atoms with Crippen molar-refractivity contribution in [2.24, 2.45) is 7.05 Å². The Morgan fingerprint density at radius 1 is 1.17 bits per heavy atom. The molecule has 12 heavy (non-hydrogen) atoms. The van der Waals surface area contributed by atoms with E-state index in [1.165, 1.54) is 5.69 Å². The molecule has 1 aromatic carbocycles. The first kappa shape index (κ1) is 7.22. The Labute approximate surface area is 71.4 Å². The maximum absolute atomic E-state index is 5.35. The fraction of sp³-hybridized carbons (Fsp3) is 0.200. The van der Waals surface area contributed by atoms with E-state index in [1.807, 2.05) is 44.3 Å². The van der Waals surface area contributed by atoms with Gasteiger partial charge in [-0.15, -0.1) is 0 Å². The Balaban J connectivity index is 2.42. The molecule has 2 nitrogen and oxygen atoms in total. The van der Waals surface area contributed by atoms with Crippen LogP contribution in [0.15, 0.2) is 34.9 Å². The molecule has 0 saturated carbocycles. The number of nitrogens with zero attached hydrogens (tertiary/aromatic N) is 1. The van der Waals surface area contributed by atoms with Gasteiger partial charge in [-0.1, -0.05) is 30.3 Å². The zero-order valence-electron chi connectivity index (χ0n) is 7.24. The molecule has 0 radical (unpaired) electrons. The minimum atomic E-state index is 0.984. The highest BCUT2D eigenvalue weighted by molar-refractivity contribution is 5.59. The average molecular weight is 161 g/mol. The van der Waals surface area contributed by atoms with Gasteiger partial charge >= 0.3 is 0 Å². The first-order valence-electron chi connectivity index (χ1n) is 3.97. The van der Waals surface area contributed by atoms with E-state index in [1.54, 1.807) is 4.74 Å². The van der Waals surface area contributed by atoms with Gasteiger partial charge in [0, 0.05) is 12.6 Å². The van der Waals surface area contributed by atoms with E-state index < -0.39 is 0 Å². The van der Waals surface area contributed by atoms with Crippen molar-refractivity contribution in [2.45, 2.75) is 6.92 Å². The third-order valence-electron chi connectivity index (χ3n) is 2.07. The average Bonchev–Trinajstić information content (AvgIpc) is 2.15. The Bertz CT molecular complexity index is 370. The summed E-state index contributed by atoms with van der Waals surface area (Å²) in [5.41, 5.74) is 2.33. The molecular formula is C10H11NO. The number of hydrogen-bond donors (Lipinski definition) is 0. The number of hydrogen-bond acceptors (Lipinski definition) is 1. The maximum Gasteiger partial charge on any atom is 0.184 e. The zero-order valence-corrected chi connectivity index (χ0v) is 7.24. The summed E-state index contributed by atoms with van der Waals surface area (Å²) in [6.07, 6.45) is 0. The van der Waals surface area contributed by atoms with Crippen molar-refractivity contribution >= 4 is 0 Å². The smallest absolute Gasteiger partial charge is 0.184 e. The summed E-state index contributed by atoms with van der Waals surface area (Å²) in [5, 5.41) is 0. The van der Waals surface area contributed by atoms with E-state index in [9.17, 15) is 0 Å². The summed E-state index contributed by atoms with van der Waals surface area (Å²) < 4.78 is 7.12. The van der Waals surface area contributed by atoms with Crippen LogP contribution in [0.25, 0.3) is 11.3 Å². The van der Waals surface area contributed by atoms with Crippen LogP contribution >= 0.6 is 0 Å². The van der Waals surface area contributed by atoms with Gasteiger partial charge in [0.25, 0.3) is 0 Å². The van der Waals surface area contributed by atoms with Gasteiger partial charge in [0.15, 0.2) is 5.76 Å². The van der Waals surface area contributed by atoms with Gasteiger partial charge in [0.2, 0.25) is 0 Å². The quantitative estimate of drug-likeness (QED) is 0.628. The van der Waals surface area contributed by atoms with E-state index >= 15 is 0 Å².